The zero-order chi connectivity index (χ0) is 27.9. The van der Waals surface area contributed by atoms with Gasteiger partial charge in [-0.1, -0.05) is 6.07 Å². The van der Waals surface area contributed by atoms with Crippen LogP contribution in [0.4, 0.5) is 4.79 Å². The minimum absolute atomic E-state index is 0.0201. The monoisotopic (exact) mass is 540 g/mol. The molecular weight excluding hydrogens is 500 g/mol. The number of ether oxygens (including phenoxy) is 2. The lowest BCUT2D eigenvalue weighted by Gasteiger charge is -2.57. The predicted molar refractivity (Wildman–Crippen MR) is 146 cm³/mol. The van der Waals surface area contributed by atoms with E-state index in [1.807, 2.05) is 6.07 Å². The molecule has 1 aromatic carbocycles. The van der Waals surface area contributed by atoms with Crippen LogP contribution in [-0.2, 0) is 21.4 Å². The first-order valence-corrected chi connectivity index (χ1v) is 14.0. The van der Waals surface area contributed by atoms with Crippen molar-refractivity contribution in [2.45, 2.75) is 75.0 Å². The highest BCUT2D eigenvalue weighted by atomic mass is 16.6. The van der Waals surface area contributed by atoms with Crippen LogP contribution in [0.3, 0.4) is 0 Å². The Morgan fingerprint density at radius 2 is 2.10 bits per heavy atom. The van der Waals surface area contributed by atoms with Gasteiger partial charge >= 0.3 is 6.09 Å². The van der Waals surface area contributed by atoms with Crippen molar-refractivity contribution in [3.63, 3.8) is 0 Å². The summed E-state index contributed by atoms with van der Waals surface area (Å²) in [6, 6.07) is 3.63. The Balaban J connectivity index is 1.21. The van der Waals surface area contributed by atoms with Crippen molar-refractivity contribution in [1.29, 1.82) is 0 Å². The van der Waals surface area contributed by atoms with Gasteiger partial charge in [-0.3, -0.25) is 14.6 Å². The van der Waals surface area contributed by atoms with Crippen molar-refractivity contribution in [1.82, 2.24) is 9.80 Å². The number of hydrogen-bond acceptors (Lipinski definition) is 8. The zero-order valence-electron chi connectivity index (χ0n) is 22.9. The molecule has 5 atom stereocenters. The first-order valence-electron chi connectivity index (χ1n) is 14.0. The van der Waals surface area contributed by atoms with Gasteiger partial charge in [-0.25, -0.2) is 4.79 Å². The highest BCUT2D eigenvalue weighted by Crippen LogP contribution is 2.63. The van der Waals surface area contributed by atoms with E-state index in [2.05, 4.69) is 16.9 Å². The van der Waals surface area contributed by atoms with Crippen LogP contribution in [0.25, 0.3) is 0 Å². The van der Waals surface area contributed by atoms with Crippen molar-refractivity contribution in [2.75, 3.05) is 33.7 Å². The van der Waals surface area contributed by atoms with Gasteiger partial charge in [0.15, 0.2) is 29.3 Å². The van der Waals surface area contributed by atoms with Gasteiger partial charge in [0, 0.05) is 50.0 Å². The Bertz CT molecular complexity index is 1180. The number of carbonyl (C=O) groups is 3. The summed E-state index contributed by atoms with van der Waals surface area (Å²) in [6.45, 7) is 1.69. The largest absolute Gasteiger partial charge is 0.477 e. The average Bonchev–Trinajstić information content (AvgIpc) is 3.26. The van der Waals surface area contributed by atoms with Crippen LogP contribution in [0, 0.1) is 5.92 Å². The molecule has 6 N–H and O–H groups in total. The number of ketones is 2. The molecule has 1 saturated carbocycles. The second-order valence-electron chi connectivity index (χ2n) is 11.5. The van der Waals surface area contributed by atoms with Gasteiger partial charge in [0.1, 0.15) is 5.78 Å². The van der Waals surface area contributed by atoms with E-state index in [1.54, 1.807) is 13.1 Å². The minimum Gasteiger partial charge on any atom is -0.477 e. The third kappa shape index (κ3) is 4.86. The number of piperidine rings is 1. The van der Waals surface area contributed by atoms with Crippen molar-refractivity contribution >= 4 is 23.6 Å². The Hall–Kier alpha value is -3.18. The van der Waals surface area contributed by atoms with Gasteiger partial charge in [0.05, 0.1) is 6.04 Å². The molecule has 2 fully saturated rings. The summed E-state index contributed by atoms with van der Waals surface area (Å²) >= 11 is 0. The highest BCUT2D eigenvalue weighted by Gasteiger charge is 2.65. The fourth-order valence-corrected chi connectivity index (χ4v) is 7.21. The van der Waals surface area contributed by atoms with Crippen molar-refractivity contribution in [2.24, 2.45) is 28.1 Å². The second-order valence-corrected chi connectivity index (χ2v) is 11.5. The maximum Gasteiger partial charge on any atom is 0.415 e. The van der Waals surface area contributed by atoms with Gasteiger partial charge in [-0.2, -0.15) is 0 Å². The Labute approximate surface area is 229 Å². The maximum atomic E-state index is 13.1. The number of nitrogens with two attached hydrogens (primary N) is 3. The molecule has 39 heavy (non-hydrogen) atoms. The Morgan fingerprint density at radius 1 is 1.31 bits per heavy atom. The van der Waals surface area contributed by atoms with E-state index in [-0.39, 0.29) is 29.4 Å². The number of Topliss-reactive ketones (excluding diaryl/α,β-unsaturated/α-hetero) is 2. The molecule has 2 aliphatic carbocycles. The third-order valence-electron chi connectivity index (χ3n) is 9.18. The number of rotatable bonds is 10. The minimum atomic E-state index is -0.582. The smallest absolute Gasteiger partial charge is 0.415 e. The van der Waals surface area contributed by atoms with Crippen molar-refractivity contribution < 1.29 is 23.9 Å². The molecule has 2 heterocycles. The zero-order valence-corrected chi connectivity index (χ0v) is 22.9. The molecule has 1 saturated heterocycles. The van der Waals surface area contributed by atoms with Crippen LogP contribution in [0.2, 0.25) is 0 Å². The second kappa shape index (κ2) is 10.8. The number of likely N-dealkylation sites (N-methyl/N-ethyl adjacent to an activating group) is 1. The molecule has 4 aliphatic rings. The molecule has 212 valence electrons. The first kappa shape index (κ1) is 27.4. The number of aliphatic imine (C=N–C) groups is 1. The Morgan fingerprint density at radius 3 is 2.87 bits per heavy atom. The fraction of sp³-hybridized carbons (Fsp3) is 0.643. The lowest BCUT2D eigenvalue weighted by molar-refractivity contribution is -0.138. The molecule has 11 nitrogen and oxygen atoms in total. The molecule has 0 aromatic heterocycles. The number of benzene rings is 1. The Kier molecular flexibility index (Phi) is 7.56. The molecule has 2 bridgehead atoms. The van der Waals surface area contributed by atoms with E-state index in [4.69, 9.17) is 26.7 Å². The molecular formula is C28H40N6O5. The molecule has 11 heteroatoms. The van der Waals surface area contributed by atoms with Crippen molar-refractivity contribution in [3.8, 4) is 11.5 Å². The van der Waals surface area contributed by atoms with E-state index in [1.165, 1.54) is 10.5 Å². The van der Waals surface area contributed by atoms with Crippen LogP contribution in [0.15, 0.2) is 17.1 Å². The van der Waals surface area contributed by atoms with E-state index in [0.29, 0.717) is 62.2 Å². The van der Waals surface area contributed by atoms with Crippen molar-refractivity contribution in [3.05, 3.63) is 23.3 Å². The van der Waals surface area contributed by atoms with Crippen LogP contribution in [0.1, 0.15) is 56.1 Å². The number of nitrogens with zero attached hydrogens (tertiary/aromatic N) is 3. The standard InChI is InChI=1S/C28H40N6O5/c1-33-14-11-28-17-8-9-21(36)25(28)39-24-22(10-7-16(23(24)28)15-19(17)33)38-27(37)34(2)13-4-6-20(35)18(29)5-3-12-32-26(30)31/h7,10,17-19,25H,3-6,8-9,11-15,29H2,1-2H3,(H4,30,31,32)/t17?,18-,19-,25+,28+/m0/s1. The van der Waals surface area contributed by atoms with E-state index in [0.717, 1.165) is 31.4 Å². The topological polar surface area (TPSA) is 167 Å². The maximum absolute atomic E-state index is 13.1. The van der Waals surface area contributed by atoms with Gasteiger partial charge < -0.3 is 36.5 Å². The van der Waals surface area contributed by atoms with Crippen LogP contribution in [0.5, 0.6) is 11.5 Å². The highest BCUT2D eigenvalue weighted by molar-refractivity contribution is 5.89. The van der Waals surface area contributed by atoms with Gasteiger partial charge in [-0.05, 0) is 69.7 Å². The number of guanidine groups is 1. The predicted octanol–water partition coefficient (Wildman–Crippen LogP) is 1.09. The number of amides is 1. The van der Waals surface area contributed by atoms with Gasteiger partial charge in [-0.15, -0.1) is 0 Å². The molecule has 1 amide bonds. The molecule has 0 radical (unpaired) electrons. The molecule has 2 aliphatic heterocycles. The summed E-state index contributed by atoms with van der Waals surface area (Å²) in [6.07, 6.45) is 3.99. The van der Waals surface area contributed by atoms with E-state index >= 15 is 0 Å². The van der Waals surface area contributed by atoms with Crippen LogP contribution in [-0.4, -0.2) is 85.3 Å². The van der Waals surface area contributed by atoms with Gasteiger partial charge in [0.25, 0.3) is 0 Å². The first-order chi connectivity index (χ1) is 18.6. The van der Waals surface area contributed by atoms with E-state index in [9.17, 15) is 14.4 Å². The summed E-state index contributed by atoms with van der Waals surface area (Å²) < 4.78 is 12.2. The SMILES string of the molecule is CN(CCCC(=O)[C@@H](N)CCCN=C(N)N)C(=O)Oc1ccc2c3c1O[C@@H]1C(=O)CCC4[C@H](C2)N(C)CC[C@]341. The lowest BCUT2D eigenvalue weighted by atomic mass is 9.52. The summed E-state index contributed by atoms with van der Waals surface area (Å²) in [7, 11) is 3.81. The summed E-state index contributed by atoms with van der Waals surface area (Å²) in [5, 5.41) is 0. The number of hydrogen-bond donors (Lipinski definition) is 3. The molecule has 1 unspecified atom stereocenters. The van der Waals surface area contributed by atoms with E-state index < -0.39 is 18.2 Å². The van der Waals surface area contributed by atoms with Gasteiger partial charge in [0.2, 0.25) is 0 Å². The molecule has 1 spiro atoms. The average molecular weight is 541 g/mol. The van der Waals surface area contributed by atoms with Crippen LogP contribution < -0.4 is 26.7 Å². The molecule has 5 rings (SSSR count). The lowest BCUT2D eigenvalue weighted by Crippen LogP contribution is -2.65. The molecule has 1 aromatic rings. The fourth-order valence-electron chi connectivity index (χ4n) is 7.21. The normalized spacial score (nSPS) is 27.3. The number of carbonyl (C=O) groups excluding carboxylic acids is 3. The third-order valence-corrected chi connectivity index (χ3v) is 9.18. The quantitative estimate of drug-likeness (QED) is 0.224. The number of likely N-dealkylation sites (tertiary alicyclic amines) is 1. The summed E-state index contributed by atoms with van der Waals surface area (Å²) in [5.41, 5.74) is 18.5. The summed E-state index contributed by atoms with van der Waals surface area (Å²) in [4.78, 5) is 46.2. The summed E-state index contributed by atoms with van der Waals surface area (Å²) in [5.74, 6) is 1.38. The van der Waals surface area contributed by atoms with Crippen LogP contribution >= 0.6 is 0 Å².